The van der Waals surface area contributed by atoms with E-state index < -0.39 is 33.8 Å². The minimum atomic E-state index is -2.25. The van der Waals surface area contributed by atoms with Crippen molar-refractivity contribution in [2.75, 3.05) is 0 Å². The maximum absolute atomic E-state index is 14.1. The quantitative estimate of drug-likeness (QED) is 0.350. The fourth-order valence-electron chi connectivity index (χ4n) is 5.02. The fraction of sp³-hybridized carbons (Fsp3) is 0.633. The minimum absolute atomic E-state index is 0.0208. The van der Waals surface area contributed by atoms with Gasteiger partial charge in [0, 0.05) is 36.5 Å². The largest absolute Gasteiger partial charge is 0.483 e. The summed E-state index contributed by atoms with van der Waals surface area (Å²) in [6.45, 7) is 24.1. The number of hydrogen-bond donors (Lipinski definition) is 0. The van der Waals surface area contributed by atoms with Crippen molar-refractivity contribution in [2.45, 2.75) is 115 Å². The van der Waals surface area contributed by atoms with Gasteiger partial charge in [-0.3, -0.25) is 9.78 Å². The van der Waals surface area contributed by atoms with Gasteiger partial charge in [0.1, 0.15) is 22.7 Å². The number of hydrogen-bond acceptors (Lipinski definition) is 7. The minimum Gasteiger partial charge on any atom is -0.483 e. The molecule has 4 atom stereocenters. The summed E-state index contributed by atoms with van der Waals surface area (Å²) in [4.78, 5) is 31.4. The second kappa shape index (κ2) is 9.78. The molecule has 2 aliphatic rings. The van der Waals surface area contributed by atoms with Gasteiger partial charge in [0.2, 0.25) is 0 Å². The third kappa shape index (κ3) is 5.47. The lowest BCUT2D eigenvalue weighted by atomic mass is 9.68. The number of Topliss-reactive ketones (excluding diaryl/α,β-unsaturated/α-hetero) is 1. The highest BCUT2D eigenvalue weighted by Gasteiger charge is 2.59. The molecule has 0 radical (unpaired) electrons. The van der Waals surface area contributed by atoms with E-state index in [1.807, 2.05) is 6.92 Å². The van der Waals surface area contributed by atoms with Crippen molar-refractivity contribution < 1.29 is 22.8 Å². The number of pyridine rings is 1. The second-order valence-electron chi connectivity index (χ2n) is 14.4. The highest BCUT2D eigenvalue weighted by atomic mass is 28.4. The normalized spacial score (nSPS) is 26.0. The zero-order chi connectivity index (χ0) is 29.2. The van der Waals surface area contributed by atoms with E-state index in [0.717, 1.165) is 0 Å². The van der Waals surface area contributed by atoms with Crippen LogP contribution in [-0.2, 0) is 8.85 Å². The van der Waals surface area contributed by atoms with E-state index in [1.165, 1.54) is 0 Å². The van der Waals surface area contributed by atoms with Gasteiger partial charge in [-0.2, -0.15) is 0 Å². The molecule has 2 aromatic heterocycles. The van der Waals surface area contributed by atoms with E-state index in [9.17, 15) is 9.59 Å². The SMILES string of the molecule is CC(C)(C)[Si](C)(C)OC1CC(O[Si](C)(C)C(C)(C)C)[C@]2(C)Oc3cc(-c4cccnc4)oc(=O)c3C(=O)C2C1. The van der Waals surface area contributed by atoms with Gasteiger partial charge in [0.15, 0.2) is 22.4 Å². The van der Waals surface area contributed by atoms with Gasteiger partial charge >= 0.3 is 5.63 Å². The first-order valence-corrected chi connectivity index (χ1v) is 19.8. The van der Waals surface area contributed by atoms with Crippen LogP contribution in [0.2, 0.25) is 36.3 Å². The number of ketones is 1. The maximum atomic E-state index is 14.1. The molecule has 0 bridgehead atoms. The first-order valence-electron chi connectivity index (χ1n) is 13.9. The van der Waals surface area contributed by atoms with Crippen molar-refractivity contribution in [3.8, 4) is 17.1 Å². The van der Waals surface area contributed by atoms with E-state index in [1.54, 1.807) is 30.6 Å². The van der Waals surface area contributed by atoms with E-state index in [4.69, 9.17) is 18.0 Å². The summed E-state index contributed by atoms with van der Waals surface area (Å²) >= 11 is 0. The highest BCUT2D eigenvalue weighted by molar-refractivity contribution is 6.74. The Balaban J connectivity index is 1.80. The summed E-state index contributed by atoms with van der Waals surface area (Å²) in [6.07, 6.45) is 3.83. The van der Waals surface area contributed by atoms with E-state index in [2.05, 4.69) is 72.7 Å². The molecule has 0 spiro atoms. The predicted molar refractivity (Wildman–Crippen MR) is 158 cm³/mol. The van der Waals surface area contributed by atoms with Crippen LogP contribution in [-0.4, -0.2) is 45.2 Å². The third-order valence-corrected chi connectivity index (χ3v) is 18.6. The Bertz CT molecular complexity index is 1290. The smallest absolute Gasteiger partial charge is 0.351 e. The lowest BCUT2D eigenvalue weighted by Gasteiger charge is -2.54. The van der Waals surface area contributed by atoms with Gasteiger partial charge in [-0.25, -0.2) is 4.79 Å². The molecule has 2 aromatic rings. The second-order valence-corrected chi connectivity index (χ2v) is 23.9. The maximum Gasteiger partial charge on any atom is 0.351 e. The van der Waals surface area contributed by atoms with Crippen molar-refractivity contribution in [3.63, 3.8) is 0 Å². The average molecular weight is 572 g/mol. The summed E-state index contributed by atoms with van der Waals surface area (Å²) in [5.74, 6) is -0.270. The summed E-state index contributed by atoms with van der Waals surface area (Å²) in [5, 5.41) is -0.00973. The molecule has 7 nitrogen and oxygen atoms in total. The molecule has 9 heteroatoms. The van der Waals surface area contributed by atoms with Gasteiger partial charge < -0.3 is 18.0 Å². The van der Waals surface area contributed by atoms with Crippen molar-refractivity contribution in [1.82, 2.24) is 4.98 Å². The Hall–Kier alpha value is -2.08. The molecule has 214 valence electrons. The molecule has 4 rings (SSSR count). The van der Waals surface area contributed by atoms with Crippen LogP contribution >= 0.6 is 0 Å². The molecule has 1 aliphatic carbocycles. The number of rotatable bonds is 5. The Labute approximate surface area is 234 Å². The Morgan fingerprint density at radius 2 is 1.59 bits per heavy atom. The summed E-state index contributed by atoms with van der Waals surface area (Å²) < 4.78 is 26.2. The van der Waals surface area contributed by atoms with Crippen LogP contribution in [0.3, 0.4) is 0 Å². The van der Waals surface area contributed by atoms with Crippen LogP contribution in [0.15, 0.2) is 39.8 Å². The van der Waals surface area contributed by atoms with Gasteiger partial charge in [-0.05, 0) is 61.7 Å². The first kappa shape index (κ1) is 29.9. The molecule has 0 saturated heterocycles. The number of ether oxygens (including phenoxy) is 1. The standard InChI is InChI=1S/C30H45NO6Si2/c1-28(2,3)38(8,9)36-20-15-21-26(32)25-23(17-22(34-27(25)33)19-13-12-14-31-18-19)35-30(21,7)24(16-20)37-39(10,11)29(4,5)6/h12-14,17-18,20-21,24H,15-16H2,1-11H3/t20?,21?,24?,30-/m1/s1. The van der Waals surface area contributed by atoms with Crippen LogP contribution in [0.1, 0.15) is 71.7 Å². The molecular weight excluding hydrogens is 527 g/mol. The summed E-state index contributed by atoms with van der Waals surface area (Å²) in [5.41, 5.74) is -1.02. The molecule has 0 amide bonds. The zero-order valence-corrected chi connectivity index (χ0v) is 27.4. The van der Waals surface area contributed by atoms with Crippen LogP contribution in [0, 0.1) is 5.92 Å². The van der Waals surface area contributed by atoms with E-state index in [0.29, 0.717) is 24.2 Å². The fourth-order valence-corrected chi connectivity index (χ4v) is 7.79. The first-order chi connectivity index (χ1) is 17.8. The molecule has 0 N–H and O–H groups in total. The predicted octanol–water partition coefficient (Wildman–Crippen LogP) is 7.23. The number of carbonyl (C=O) groups excluding carboxylic acids is 1. The molecule has 1 saturated carbocycles. The number of nitrogens with zero attached hydrogens (tertiary/aromatic N) is 1. The Morgan fingerprint density at radius 1 is 0.974 bits per heavy atom. The third-order valence-electron chi connectivity index (χ3n) is 9.57. The van der Waals surface area contributed by atoms with Crippen LogP contribution in [0.4, 0.5) is 0 Å². The number of fused-ring (bicyclic) bond motifs is 2. The van der Waals surface area contributed by atoms with Gasteiger partial charge in [0.25, 0.3) is 0 Å². The lowest BCUT2D eigenvalue weighted by molar-refractivity contribution is -0.119. The Kier molecular flexibility index (Phi) is 7.50. The van der Waals surface area contributed by atoms with Gasteiger partial charge in [-0.1, -0.05) is 41.5 Å². The van der Waals surface area contributed by atoms with E-state index in [-0.39, 0.29) is 39.4 Å². The molecule has 1 fully saturated rings. The molecule has 3 heterocycles. The molecule has 3 unspecified atom stereocenters. The molecular formula is C30H45NO6Si2. The molecule has 1 aliphatic heterocycles. The van der Waals surface area contributed by atoms with E-state index >= 15 is 0 Å². The molecule has 39 heavy (non-hydrogen) atoms. The highest BCUT2D eigenvalue weighted by Crippen LogP contribution is 2.50. The molecule has 0 aromatic carbocycles. The van der Waals surface area contributed by atoms with Crippen molar-refractivity contribution in [3.05, 3.63) is 46.6 Å². The summed E-state index contributed by atoms with van der Waals surface area (Å²) in [6, 6.07) is 5.22. The van der Waals surface area contributed by atoms with Crippen molar-refractivity contribution >= 4 is 22.4 Å². The van der Waals surface area contributed by atoms with Crippen LogP contribution < -0.4 is 10.4 Å². The van der Waals surface area contributed by atoms with Gasteiger partial charge in [0.05, 0.1) is 12.0 Å². The average Bonchev–Trinajstić information content (AvgIpc) is 2.79. The number of carbonyl (C=O) groups is 1. The number of aromatic nitrogens is 1. The Morgan fingerprint density at radius 3 is 2.15 bits per heavy atom. The van der Waals surface area contributed by atoms with Crippen molar-refractivity contribution in [2.24, 2.45) is 5.92 Å². The van der Waals surface area contributed by atoms with Gasteiger partial charge in [-0.15, -0.1) is 0 Å². The summed E-state index contributed by atoms with van der Waals surface area (Å²) in [7, 11) is -4.38. The zero-order valence-electron chi connectivity index (χ0n) is 25.4. The van der Waals surface area contributed by atoms with Crippen LogP contribution in [0.25, 0.3) is 11.3 Å². The van der Waals surface area contributed by atoms with Crippen LogP contribution in [0.5, 0.6) is 5.75 Å². The lowest BCUT2D eigenvalue weighted by Crippen LogP contribution is -2.65. The van der Waals surface area contributed by atoms with Crippen molar-refractivity contribution in [1.29, 1.82) is 0 Å². The topological polar surface area (TPSA) is 87.9 Å². The monoisotopic (exact) mass is 571 g/mol.